The van der Waals surface area contributed by atoms with Gasteiger partial charge in [0, 0.05) is 0 Å². The highest BCUT2D eigenvalue weighted by Gasteiger charge is 2.32. The molecular weight excluding hydrogens is 127 g/mol. The van der Waals surface area contributed by atoms with Crippen LogP contribution in [0, 0.1) is 5.41 Å². The van der Waals surface area contributed by atoms with E-state index < -0.39 is 7.12 Å². The first-order chi connectivity index (χ1) is 4.62. The maximum Gasteiger partial charge on any atom is 0.451 e. The highest BCUT2D eigenvalue weighted by molar-refractivity contribution is 6.41. The molecule has 0 saturated heterocycles. The van der Waals surface area contributed by atoms with Crippen molar-refractivity contribution in [2.24, 2.45) is 5.41 Å². The van der Waals surface area contributed by atoms with Crippen molar-refractivity contribution in [2.75, 3.05) is 0 Å². The summed E-state index contributed by atoms with van der Waals surface area (Å²) in [4.78, 5) is 0. The zero-order chi connectivity index (χ0) is 7.61. The first-order valence-corrected chi connectivity index (χ1v) is 3.99. The maximum absolute atomic E-state index is 8.73. The zero-order valence-corrected chi connectivity index (χ0v) is 6.51. The number of hydrogen-bond donors (Lipinski definition) is 2. The van der Waals surface area contributed by atoms with Gasteiger partial charge in [0.2, 0.25) is 0 Å². The molecule has 3 heteroatoms. The molecule has 0 amide bonds. The van der Waals surface area contributed by atoms with Crippen molar-refractivity contribution >= 4 is 7.12 Å². The smallest absolute Gasteiger partial charge is 0.427 e. The molecule has 1 fully saturated rings. The fourth-order valence-electron chi connectivity index (χ4n) is 1.87. The zero-order valence-electron chi connectivity index (χ0n) is 6.51. The van der Waals surface area contributed by atoms with Crippen molar-refractivity contribution < 1.29 is 10.0 Å². The van der Waals surface area contributed by atoms with Gasteiger partial charge in [0.05, 0.1) is 0 Å². The van der Waals surface area contributed by atoms with Gasteiger partial charge in [0.15, 0.2) is 0 Å². The van der Waals surface area contributed by atoms with E-state index in [1.807, 2.05) is 0 Å². The van der Waals surface area contributed by atoms with Crippen molar-refractivity contribution in [3.05, 3.63) is 0 Å². The largest absolute Gasteiger partial charge is 0.451 e. The van der Waals surface area contributed by atoms with Crippen LogP contribution in [0.3, 0.4) is 0 Å². The normalized spacial score (nSPS) is 23.1. The molecule has 1 saturated carbocycles. The van der Waals surface area contributed by atoms with Gasteiger partial charge in [-0.25, -0.2) is 0 Å². The van der Waals surface area contributed by atoms with E-state index >= 15 is 0 Å². The lowest BCUT2D eigenvalue weighted by Crippen LogP contribution is -2.22. The number of hydrogen-bond acceptors (Lipinski definition) is 2. The minimum atomic E-state index is -1.11. The van der Waals surface area contributed by atoms with Crippen LogP contribution in [0.4, 0.5) is 0 Å². The van der Waals surface area contributed by atoms with E-state index in [4.69, 9.17) is 10.0 Å². The molecule has 0 aromatic heterocycles. The predicted octanol–water partition coefficient (Wildman–Crippen LogP) is 1.04. The van der Waals surface area contributed by atoms with Crippen LogP contribution in [0.1, 0.15) is 32.6 Å². The Balaban J connectivity index is 2.36. The SMILES string of the molecule is CC1(CB(O)O)CCCC1. The lowest BCUT2D eigenvalue weighted by molar-refractivity contribution is 0.320. The minimum Gasteiger partial charge on any atom is -0.427 e. The van der Waals surface area contributed by atoms with Gasteiger partial charge in [-0.05, 0) is 24.6 Å². The molecule has 1 rings (SSSR count). The molecule has 0 atom stereocenters. The van der Waals surface area contributed by atoms with Crippen LogP contribution >= 0.6 is 0 Å². The number of rotatable bonds is 2. The van der Waals surface area contributed by atoms with Gasteiger partial charge in [-0.15, -0.1) is 0 Å². The molecule has 1 aliphatic carbocycles. The maximum atomic E-state index is 8.73. The van der Waals surface area contributed by atoms with Crippen molar-refractivity contribution in [3.8, 4) is 0 Å². The van der Waals surface area contributed by atoms with Crippen LogP contribution in [0.5, 0.6) is 0 Å². The van der Waals surface area contributed by atoms with Gasteiger partial charge in [0.25, 0.3) is 0 Å². The summed E-state index contributed by atoms with van der Waals surface area (Å²) in [6.45, 7) is 2.14. The average Bonchev–Trinajstić information content (AvgIpc) is 2.12. The highest BCUT2D eigenvalue weighted by atomic mass is 16.4. The molecule has 0 aliphatic heterocycles. The third-order valence-corrected chi connectivity index (χ3v) is 2.49. The summed E-state index contributed by atoms with van der Waals surface area (Å²) in [6.07, 6.45) is 5.37. The van der Waals surface area contributed by atoms with E-state index in [2.05, 4.69) is 6.92 Å². The van der Waals surface area contributed by atoms with Crippen molar-refractivity contribution in [1.82, 2.24) is 0 Å². The van der Waals surface area contributed by atoms with E-state index in [-0.39, 0.29) is 5.41 Å². The summed E-state index contributed by atoms with van der Waals surface area (Å²) < 4.78 is 0. The van der Waals surface area contributed by atoms with E-state index in [1.165, 1.54) is 12.8 Å². The summed E-state index contributed by atoms with van der Waals surface area (Å²) in [7, 11) is -1.11. The Bertz CT molecular complexity index is 108. The second-order valence-electron chi connectivity index (χ2n) is 3.70. The van der Waals surface area contributed by atoms with Crippen LogP contribution in [0.15, 0.2) is 0 Å². The van der Waals surface area contributed by atoms with Gasteiger partial charge in [-0.1, -0.05) is 19.8 Å². The molecule has 1 aliphatic rings. The second kappa shape index (κ2) is 2.93. The summed E-state index contributed by atoms with van der Waals surface area (Å²) in [5, 5.41) is 17.5. The van der Waals surface area contributed by atoms with Crippen LogP contribution in [0.2, 0.25) is 6.32 Å². The summed E-state index contributed by atoms with van der Waals surface area (Å²) in [6, 6.07) is 0. The highest BCUT2D eigenvalue weighted by Crippen LogP contribution is 2.41. The predicted molar refractivity (Wildman–Crippen MR) is 41.6 cm³/mol. The molecule has 0 radical (unpaired) electrons. The quantitative estimate of drug-likeness (QED) is 0.565. The van der Waals surface area contributed by atoms with Crippen molar-refractivity contribution in [1.29, 1.82) is 0 Å². The fraction of sp³-hybridized carbons (Fsp3) is 1.00. The molecule has 10 heavy (non-hydrogen) atoms. The lowest BCUT2D eigenvalue weighted by atomic mass is 9.68. The van der Waals surface area contributed by atoms with Gasteiger partial charge >= 0.3 is 7.12 Å². The van der Waals surface area contributed by atoms with E-state index in [0.29, 0.717) is 6.32 Å². The standard InChI is InChI=1S/C7H15BO2/c1-7(6-8(9)10)4-2-3-5-7/h9-10H,2-6H2,1H3. The topological polar surface area (TPSA) is 40.5 Å². The Labute approximate surface area is 62.4 Å². The molecule has 0 heterocycles. The van der Waals surface area contributed by atoms with Gasteiger partial charge in [-0.2, -0.15) is 0 Å². The summed E-state index contributed by atoms with van der Waals surface area (Å²) >= 11 is 0. The molecule has 0 spiro atoms. The average molecular weight is 142 g/mol. The monoisotopic (exact) mass is 142 g/mol. The summed E-state index contributed by atoms with van der Waals surface area (Å²) in [5.74, 6) is 0. The molecular formula is C7H15BO2. The van der Waals surface area contributed by atoms with Crippen molar-refractivity contribution in [2.45, 2.75) is 38.9 Å². The Hall–Kier alpha value is -0.0151. The minimum absolute atomic E-state index is 0.216. The first kappa shape index (κ1) is 8.09. The Morgan fingerprint density at radius 3 is 2.20 bits per heavy atom. The molecule has 2 N–H and O–H groups in total. The summed E-state index contributed by atoms with van der Waals surface area (Å²) in [5.41, 5.74) is 0.216. The van der Waals surface area contributed by atoms with Crippen molar-refractivity contribution in [3.63, 3.8) is 0 Å². The van der Waals surface area contributed by atoms with Gasteiger partial charge in [0.1, 0.15) is 0 Å². The van der Waals surface area contributed by atoms with E-state index in [9.17, 15) is 0 Å². The molecule has 0 aromatic carbocycles. The molecule has 0 unspecified atom stereocenters. The molecule has 0 bridgehead atoms. The first-order valence-electron chi connectivity index (χ1n) is 3.99. The van der Waals surface area contributed by atoms with E-state index in [1.54, 1.807) is 0 Å². The lowest BCUT2D eigenvalue weighted by Gasteiger charge is -2.22. The van der Waals surface area contributed by atoms with Crippen LogP contribution in [-0.2, 0) is 0 Å². The third kappa shape index (κ3) is 1.99. The third-order valence-electron chi connectivity index (χ3n) is 2.49. The molecule has 2 nitrogen and oxygen atoms in total. The molecule has 0 aromatic rings. The Kier molecular flexibility index (Phi) is 2.37. The van der Waals surface area contributed by atoms with E-state index in [0.717, 1.165) is 12.8 Å². The van der Waals surface area contributed by atoms with Crippen LogP contribution in [-0.4, -0.2) is 17.2 Å². The van der Waals surface area contributed by atoms with Gasteiger partial charge < -0.3 is 10.0 Å². The van der Waals surface area contributed by atoms with Crippen LogP contribution < -0.4 is 0 Å². The fourth-order valence-corrected chi connectivity index (χ4v) is 1.87. The van der Waals surface area contributed by atoms with Crippen LogP contribution in [0.25, 0.3) is 0 Å². The Morgan fingerprint density at radius 1 is 1.30 bits per heavy atom. The van der Waals surface area contributed by atoms with Gasteiger partial charge in [-0.3, -0.25) is 0 Å². The Morgan fingerprint density at radius 2 is 1.80 bits per heavy atom. The molecule has 58 valence electrons. The second-order valence-corrected chi connectivity index (χ2v) is 3.70.